The number of ether oxygens (including phenoxy) is 1. The van der Waals surface area contributed by atoms with E-state index in [1.165, 1.54) is 12.1 Å². The molecule has 0 bridgehead atoms. The topological polar surface area (TPSA) is 120 Å². The maximum Gasteiger partial charge on any atom is 0.491 e. The maximum atomic E-state index is 12.4. The summed E-state index contributed by atoms with van der Waals surface area (Å²) in [5.41, 5.74) is 11.3. The van der Waals surface area contributed by atoms with Crippen LogP contribution >= 0.6 is 0 Å². The number of guanidine groups is 1. The van der Waals surface area contributed by atoms with E-state index in [4.69, 9.17) is 11.5 Å². The minimum Gasteiger partial charge on any atom is -0.419 e. The van der Waals surface area contributed by atoms with Crippen molar-refractivity contribution in [3.8, 4) is 5.75 Å². The van der Waals surface area contributed by atoms with Gasteiger partial charge in [0, 0.05) is 5.56 Å². The van der Waals surface area contributed by atoms with Crippen molar-refractivity contribution in [2.75, 3.05) is 5.32 Å². The predicted octanol–water partition coefficient (Wildman–Crippen LogP) is 2.08. The molecule has 24 heavy (non-hydrogen) atoms. The van der Waals surface area contributed by atoms with Crippen LogP contribution in [0.3, 0.4) is 0 Å². The number of nitrogens with one attached hydrogen (secondary N) is 1. The van der Waals surface area contributed by atoms with E-state index in [1.807, 2.05) is 0 Å². The van der Waals surface area contributed by atoms with Crippen molar-refractivity contribution in [1.82, 2.24) is 0 Å². The predicted molar refractivity (Wildman–Crippen MR) is 81.7 cm³/mol. The molecule has 0 fully saturated rings. The Labute approximate surface area is 135 Å². The zero-order valence-electron chi connectivity index (χ0n) is 13.0. The first-order valence-corrected chi connectivity index (χ1v) is 6.94. The fourth-order valence-corrected chi connectivity index (χ4v) is 1.98. The van der Waals surface area contributed by atoms with Crippen LogP contribution in [0.25, 0.3) is 0 Å². The first kappa shape index (κ1) is 19.3. The second-order valence-electron chi connectivity index (χ2n) is 4.64. The molecular weight excluding hydrogens is 329 g/mol. The second kappa shape index (κ2) is 7.66. The molecule has 0 unspecified atom stereocenters. The van der Waals surface area contributed by atoms with Crippen molar-refractivity contribution in [1.29, 1.82) is 0 Å². The number of anilines is 1. The summed E-state index contributed by atoms with van der Waals surface area (Å²) >= 11 is 0. The van der Waals surface area contributed by atoms with Crippen LogP contribution in [0.15, 0.2) is 17.1 Å². The quantitative estimate of drug-likeness (QED) is 0.334. The lowest BCUT2D eigenvalue weighted by molar-refractivity contribution is -0.189. The van der Waals surface area contributed by atoms with Crippen LogP contribution in [0, 0.1) is 0 Å². The number of hydrogen-bond acceptors (Lipinski definition) is 3. The van der Waals surface area contributed by atoms with E-state index in [-0.39, 0.29) is 23.4 Å². The standard InChI is InChI=1S/C14H17F3N4O3/c1-3-7-5-6-9(24-11(22)14(15,16)17)8(4-2)10(7)20-13(23)21-12(18)19/h5-6H,3-4H2,1-2H3,(H5,18,19,20,21,23). The van der Waals surface area contributed by atoms with E-state index in [0.717, 1.165) is 0 Å². The molecule has 2 amide bonds. The van der Waals surface area contributed by atoms with Crippen LogP contribution in [0.5, 0.6) is 5.75 Å². The van der Waals surface area contributed by atoms with E-state index in [1.54, 1.807) is 13.8 Å². The molecule has 0 aromatic heterocycles. The van der Waals surface area contributed by atoms with Gasteiger partial charge in [-0.05, 0) is 24.5 Å². The number of rotatable bonds is 4. The van der Waals surface area contributed by atoms with Crippen molar-refractivity contribution >= 4 is 23.6 Å². The lowest BCUT2D eigenvalue weighted by Gasteiger charge is -2.17. The molecule has 10 heteroatoms. The van der Waals surface area contributed by atoms with Crippen molar-refractivity contribution in [3.05, 3.63) is 23.3 Å². The Bertz CT molecular complexity index is 668. The highest BCUT2D eigenvalue weighted by Crippen LogP contribution is 2.33. The minimum atomic E-state index is -5.13. The summed E-state index contributed by atoms with van der Waals surface area (Å²) in [4.78, 5) is 26.0. The third kappa shape index (κ3) is 4.86. The van der Waals surface area contributed by atoms with Gasteiger partial charge in [-0.25, -0.2) is 9.59 Å². The Morgan fingerprint density at radius 3 is 2.29 bits per heavy atom. The number of halogens is 3. The first-order valence-electron chi connectivity index (χ1n) is 6.94. The van der Waals surface area contributed by atoms with Gasteiger partial charge in [0.25, 0.3) is 0 Å². The zero-order valence-corrected chi connectivity index (χ0v) is 13.0. The number of nitrogens with zero attached hydrogens (tertiary/aromatic N) is 1. The van der Waals surface area contributed by atoms with Crippen molar-refractivity contribution in [2.45, 2.75) is 32.9 Å². The molecule has 0 aliphatic carbocycles. The zero-order chi connectivity index (χ0) is 18.5. The number of hydrogen-bond donors (Lipinski definition) is 3. The lowest BCUT2D eigenvalue weighted by Crippen LogP contribution is -2.28. The second-order valence-corrected chi connectivity index (χ2v) is 4.64. The molecule has 0 spiro atoms. The van der Waals surface area contributed by atoms with Crippen LogP contribution in [0.2, 0.25) is 0 Å². The molecule has 0 heterocycles. The number of aliphatic imine (C=N–C) groups is 1. The van der Waals surface area contributed by atoms with Gasteiger partial charge in [-0.2, -0.15) is 18.2 Å². The fourth-order valence-electron chi connectivity index (χ4n) is 1.98. The van der Waals surface area contributed by atoms with Gasteiger partial charge >= 0.3 is 18.2 Å². The Morgan fingerprint density at radius 2 is 1.83 bits per heavy atom. The summed E-state index contributed by atoms with van der Waals surface area (Å²) < 4.78 is 41.5. The van der Waals surface area contributed by atoms with E-state index >= 15 is 0 Å². The molecule has 5 N–H and O–H groups in total. The maximum absolute atomic E-state index is 12.4. The van der Waals surface area contributed by atoms with Crippen LogP contribution in [0.1, 0.15) is 25.0 Å². The molecule has 7 nitrogen and oxygen atoms in total. The van der Waals surface area contributed by atoms with E-state index < -0.39 is 24.1 Å². The number of carbonyl (C=O) groups is 2. The monoisotopic (exact) mass is 346 g/mol. The highest BCUT2D eigenvalue weighted by molar-refractivity contribution is 5.99. The molecule has 0 aliphatic heterocycles. The number of nitrogens with two attached hydrogens (primary N) is 2. The van der Waals surface area contributed by atoms with Crippen LogP contribution in [-0.2, 0) is 17.6 Å². The van der Waals surface area contributed by atoms with Crippen molar-refractivity contribution < 1.29 is 27.5 Å². The average molecular weight is 346 g/mol. The molecule has 0 saturated carbocycles. The molecule has 0 radical (unpaired) electrons. The average Bonchev–Trinajstić information content (AvgIpc) is 2.45. The van der Waals surface area contributed by atoms with Gasteiger partial charge in [-0.15, -0.1) is 0 Å². The number of benzene rings is 1. The van der Waals surface area contributed by atoms with Crippen LogP contribution < -0.4 is 21.5 Å². The van der Waals surface area contributed by atoms with E-state index in [9.17, 15) is 22.8 Å². The third-order valence-corrected chi connectivity index (χ3v) is 2.99. The third-order valence-electron chi connectivity index (χ3n) is 2.99. The Kier molecular flexibility index (Phi) is 6.15. The normalized spacial score (nSPS) is 10.9. The number of aryl methyl sites for hydroxylation is 1. The van der Waals surface area contributed by atoms with Gasteiger partial charge in [0.05, 0.1) is 5.69 Å². The first-order chi connectivity index (χ1) is 11.1. The smallest absolute Gasteiger partial charge is 0.419 e. The van der Waals surface area contributed by atoms with Crippen molar-refractivity contribution in [2.24, 2.45) is 16.5 Å². The summed E-state index contributed by atoms with van der Waals surface area (Å²) in [5.74, 6) is -3.11. The Morgan fingerprint density at radius 1 is 1.21 bits per heavy atom. The largest absolute Gasteiger partial charge is 0.491 e. The van der Waals surface area contributed by atoms with Gasteiger partial charge in [0.1, 0.15) is 5.75 Å². The highest BCUT2D eigenvalue weighted by atomic mass is 19.4. The van der Waals surface area contributed by atoms with E-state index in [0.29, 0.717) is 12.0 Å². The summed E-state index contributed by atoms with van der Waals surface area (Å²) in [5, 5.41) is 2.41. The Balaban J connectivity index is 3.30. The molecule has 0 saturated heterocycles. The minimum absolute atomic E-state index is 0.200. The van der Waals surface area contributed by atoms with Gasteiger partial charge in [-0.1, -0.05) is 19.9 Å². The molecule has 0 atom stereocenters. The van der Waals surface area contributed by atoms with Crippen molar-refractivity contribution in [3.63, 3.8) is 0 Å². The summed E-state index contributed by atoms with van der Waals surface area (Å²) in [6, 6.07) is 1.81. The van der Waals surface area contributed by atoms with Gasteiger partial charge in [-0.3, -0.25) is 0 Å². The van der Waals surface area contributed by atoms with Crippen LogP contribution in [0.4, 0.5) is 23.7 Å². The van der Waals surface area contributed by atoms with Gasteiger partial charge in [0.2, 0.25) is 0 Å². The lowest BCUT2D eigenvalue weighted by atomic mass is 10.0. The summed E-state index contributed by atoms with van der Waals surface area (Å²) in [6.45, 7) is 3.42. The SMILES string of the molecule is CCc1ccc(OC(=O)C(F)(F)F)c(CC)c1NC(=O)N=C(N)N. The molecule has 1 aromatic rings. The molecule has 132 valence electrons. The summed E-state index contributed by atoms with van der Waals surface area (Å²) in [7, 11) is 0. The molecule has 1 aromatic carbocycles. The number of carbonyl (C=O) groups excluding carboxylic acids is 2. The van der Waals surface area contributed by atoms with Gasteiger partial charge < -0.3 is 21.5 Å². The van der Waals surface area contributed by atoms with Crippen LogP contribution in [-0.4, -0.2) is 24.1 Å². The molecule has 1 rings (SSSR count). The van der Waals surface area contributed by atoms with E-state index in [2.05, 4.69) is 15.0 Å². The fraction of sp³-hybridized carbons (Fsp3) is 0.357. The number of amides is 2. The molecule has 0 aliphatic rings. The Hall–Kier alpha value is -2.78. The number of esters is 1. The molecular formula is C14H17F3N4O3. The van der Waals surface area contributed by atoms with Gasteiger partial charge in [0.15, 0.2) is 5.96 Å². The number of alkyl halides is 3. The summed E-state index contributed by atoms with van der Waals surface area (Å²) in [6.07, 6.45) is -4.46. The highest BCUT2D eigenvalue weighted by Gasteiger charge is 2.41. The number of urea groups is 1.